The molecule has 1 aliphatic heterocycles. The summed E-state index contributed by atoms with van der Waals surface area (Å²) in [5.74, 6) is 0.382. The van der Waals surface area contributed by atoms with Gasteiger partial charge in [0.05, 0.1) is 17.6 Å². The Morgan fingerprint density at radius 1 is 1.29 bits per heavy atom. The van der Waals surface area contributed by atoms with Crippen molar-refractivity contribution in [2.75, 3.05) is 23.7 Å². The van der Waals surface area contributed by atoms with E-state index < -0.39 is 0 Å². The van der Waals surface area contributed by atoms with Crippen LogP contribution in [0.5, 0.6) is 0 Å². The number of pyridine rings is 1. The molecule has 1 fully saturated rings. The van der Waals surface area contributed by atoms with Gasteiger partial charge in [0.15, 0.2) is 3.95 Å². The first-order valence-electron chi connectivity index (χ1n) is 10.0. The molecule has 0 radical (unpaired) electrons. The Balaban J connectivity index is 1.36. The van der Waals surface area contributed by atoms with Gasteiger partial charge in [0.1, 0.15) is 5.82 Å². The van der Waals surface area contributed by atoms with E-state index in [2.05, 4.69) is 44.7 Å². The number of hydrogen-bond acceptors (Lipinski definition) is 7. The Morgan fingerprint density at radius 2 is 2.10 bits per heavy atom. The number of benzene rings is 1. The van der Waals surface area contributed by atoms with Crippen molar-refractivity contribution in [2.45, 2.75) is 26.4 Å². The van der Waals surface area contributed by atoms with Gasteiger partial charge >= 0.3 is 0 Å². The zero-order valence-corrected chi connectivity index (χ0v) is 19.4. The summed E-state index contributed by atoms with van der Waals surface area (Å²) >= 11 is 12.8. The number of aromatic nitrogens is 3. The lowest BCUT2D eigenvalue weighted by Crippen LogP contribution is -2.41. The second-order valence-corrected chi connectivity index (χ2v) is 9.63. The minimum atomic E-state index is -0.107. The molecule has 0 saturated carbocycles. The summed E-state index contributed by atoms with van der Waals surface area (Å²) in [5.41, 5.74) is 2.19. The van der Waals surface area contributed by atoms with E-state index >= 15 is 0 Å². The fraction of sp³-hybridized carbons (Fsp3) is 0.333. The predicted molar refractivity (Wildman–Crippen MR) is 128 cm³/mol. The van der Waals surface area contributed by atoms with Crippen molar-refractivity contribution in [2.24, 2.45) is 5.92 Å². The van der Waals surface area contributed by atoms with Crippen molar-refractivity contribution in [3.05, 3.63) is 57.1 Å². The van der Waals surface area contributed by atoms with Gasteiger partial charge < -0.3 is 10.6 Å². The van der Waals surface area contributed by atoms with Gasteiger partial charge in [0.25, 0.3) is 0 Å². The Hall–Kier alpha value is -2.33. The minimum absolute atomic E-state index is 0.0249. The van der Waals surface area contributed by atoms with E-state index in [-0.39, 0.29) is 11.8 Å². The summed E-state index contributed by atoms with van der Waals surface area (Å²) in [5, 5.41) is 12.1. The molecule has 162 valence electrons. The first kappa shape index (κ1) is 21.9. The number of piperidine rings is 1. The summed E-state index contributed by atoms with van der Waals surface area (Å²) in [6.07, 6.45) is 3.31. The fourth-order valence-electron chi connectivity index (χ4n) is 3.47. The highest BCUT2D eigenvalue weighted by Gasteiger charge is 2.26. The number of nitrogens with one attached hydrogen (secondary N) is 2. The molecule has 10 heteroatoms. The van der Waals surface area contributed by atoms with Crippen LogP contribution in [-0.2, 0) is 11.5 Å². The van der Waals surface area contributed by atoms with Crippen LogP contribution in [0, 0.1) is 16.8 Å². The average molecular weight is 475 g/mol. The summed E-state index contributed by atoms with van der Waals surface area (Å²) in [4.78, 5) is 19.0. The van der Waals surface area contributed by atoms with Crippen molar-refractivity contribution in [3.63, 3.8) is 0 Å². The van der Waals surface area contributed by atoms with Gasteiger partial charge in [-0.3, -0.25) is 9.69 Å². The molecule has 4 rings (SSSR count). The highest BCUT2D eigenvalue weighted by molar-refractivity contribution is 7.73. The molecule has 7 nitrogen and oxygen atoms in total. The highest BCUT2D eigenvalue weighted by atomic mass is 35.5. The van der Waals surface area contributed by atoms with E-state index in [9.17, 15) is 4.79 Å². The lowest BCUT2D eigenvalue weighted by atomic mass is 9.97. The lowest BCUT2D eigenvalue weighted by Gasteiger charge is -2.31. The zero-order chi connectivity index (χ0) is 21.8. The lowest BCUT2D eigenvalue weighted by molar-refractivity contribution is -0.121. The number of hydrogen-bond donors (Lipinski definition) is 2. The molecule has 2 aromatic heterocycles. The van der Waals surface area contributed by atoms with Crippen LogP contribution in [0.1, 0.15) is 18.4 Å². The highest BCUT2D eigenvalue weighted by Crippen LogP contribution is 2.23. The van der Waals surface area contributed by atoms with Crippen molar-refractivity contribution in [3.8, 4) is 0 Å². The number of rotatable bonds is 6. The van der Waals surface area contributed by atoms with Gasteiger partial charge in [-0.1, -0.05) is 40.6 Å². The monoisotopic (exact) mass is 474 g/mol. The molecule has 1 unspecified atom stereocenters. The van der Waals surface area contributed by atoms with Gasteiger partial charge in [0.2, 0.25) is 11.0 Å². The van der Waals surface area contributed by atoms with Gasteiger partial charge in [0, 0.05) is 18.4 Å². The normalized spacial score (nSPS) is 16.8. The maximum absolute atomic E-state index is 12.7. The number of anilines is 3. The maximum atomic E-state index is 12.7. The molecule has 2 N–H and O–H groups in total. The summed E-state index contributed by atoms with van der Waals surface area (Å²) in [7, 11) is 0. The van der Waals surface area contributed by atoms with E-state index in [1.807, 2.05) is 16.8 Å². The van der Waals surface area contributed by atoms with Crippen LogP contribution in [0.15, 0.2) is 42.6 Å². The third-order valence-electron chi connectivity index (χ3n) is 5.10. The van der Waals surface area contributed by atoms with Crippen LogP contribution in [0.2, 0.25) is 5.02 Å². The molecule has 0 spiro atoms. The second kappa shape index (κ2) is 9.86. The van der Waals surface area contributed by atoms with Crippen LogP contribution >= 0.6 is 35.2 Å². The van der Waals surface area contributed by atoms with Crippen LogP contribution in [0.4, 0.5) is 16.6 Å². The zero-order valence-electron chi connectivity index (χ0n) is 17.0. The van der Waals surface area contributed by atoms with Gasteiger partial charge in [-0.25, -0.2) is 9.67 Å². The maximum Gasteiger partial charge on any atom is 0.229 e. The molecule has 1 atom stereocenters. The Labute approximate surface area is 195 Å². The second-order valence-electron chi connectivity index (χ2n) is 7.57. The minimum Gasteiger partial charge on any atom is -0.330 e. The first-order valence-corrected chi connectivity index (χ1v) is 11.6. The molecule has 3 heterocycles. The number of halogens is 1. The quantitative estimate of drug-likeness (QED) is 0.485. The molecule has 0 bridgehead atoms. The summed E-state index contributed by atoms with van der Waals surface area (Å²) in [6.45, 7) is 4.18. The number of carbonyl (C=O) groups excluding carboxylic acids is 1. The summed E-state index contributed by atoms with van der Waals surface area (Å²) in [6, 6.07) is 11.6. The Morgan fingerprint density at radius 3 is 2.84 bits per heavy atom. The Kier molecular flexibility index (Phi) is 6.96. The molecule has 1 aliphatic rings. The van der Waals surface area contributed by atoms with Crippen molar-refractivity contribution < 1.29 is 4.79 Å². The predicted octanol–water partition coefficient (Wildman–Crippen LogP) is 5.08. The van der Waals surface area contributed by atoms with E-state index in [0.717, 1.165) is 30.2 Å². The molecule has 1 amide bonds. The molecular weight excluding hydrogens is 452 g/mol. The number of nitrogens with zero attached hydrogens (tertiary/aromatic N) is 4. The van der Waals surface area contributed by atoms with E-state index in [1.54, 1.807) is 12.1 Å². The van der Waals surface area contributed by atoms with E-state index in [1.165, 1.54) is 23.1 Å². The molecule has 3 aromatic rings. The molecule has 1 aromatic carbocycles. The van der Waals surface area contributed by atoms with Crippen LogP contribution in [0.25, 0.3) is 0 Å². The molecular formula is C21H23ClN6OS2. The molecule has 31 heavy (non-hydrogen) atoms. The fourth-order valence-corrected chi connectivity index (χ4v) is 4.60. The third kappa shape index (κ3) is 5.88. The van der Waals surface area contributed by atoms with Crippen molar-refractivity contribution in [1.82, 2.24) is 19.7 Å². The van der Waals surface area contributed by atoms with Gasteiger partial charge in [-0.15, -0.1) is 5.10 Å². The van der Waals surface area contributed by atoms with Gasteiger partial charge in [-0.2, -0.15) is 0 Å². The Bertz CT molecular complexity index is 1100. The number of carbonyl (C=O) groups is 1. The third-order valence-corrected chi connectivity index (χ3v) is 6.54. The largest absolute Gasteiger partial charge is 0.330 e. The first-order chi connectivity index (χ1) is 15.0. The van der Waals surface area contributed by atoms with Crippen molar-refractivity contribution in [1.29, 1.82) is 0 Å². The average Bonchev–Trinajstić information content (AvgIpc) is 3.10. The standard InChI is InChI=1S/C21H23ClN6OS2/c1-14-4-7-17(8-5-14)24-20-26-28(21(30)31-20)13-27-10-2-3-15(12-27)19(29)25-18-9-6-16(22)11-23-18/h4-9,11,15H,2-3,10,12-13H2,1H3,(H,24,26)(H,23,25,29). The van der Waals surface area contributed by atoms with E-state index in [4.69, 9.17) is 23.8 Å². The summed E-state index contributed by atoms with van der Waals surface area (Å²) < 4.78 is 2.52. The van der Waals surface area contributed by atoms with Crippen LogP contribution in [-0.4, -0.2) is 38.7 Å². The van der Waals surface area contributed by atoms with Crippen LogP contribution < -0.4 is 10.6 Å². The SMILES string of the molecule is Cc1ccc(Nc2nn(CN3CCCC(C(=O)Nc4ccc(Cl)cn4)C3)c(=S)s2)cc1. The van der Waals surface area contributed by atoms with E-state index in [0.29, 0.717) is 28.0 Å². The molecule has 1 saturated heterocycles. The number of amides is 1. The molecule has 0 aliphatic carbocycles. The number of aryl methyl sites for hydroxylation is 1. The van der Waals surface area contributed by atoms with Crippen LogP contribution in [0.3, 0.4) is 0 Å². The van der Waals surface area contributed by atoms with Crippen molar-refractivity contribution >= 4 is 57.7 Å². The topological polar surface area (TPSA) is 75.1 Å². The van der Waals surface area contributed by atoms with Gasteiger partial charge in [-0.05, 0) is 62.8 Å². The number of likely N-dealkylation sites (tertiary alicyclic amines) is 1. The smallest absolute Gasteiger partial charge is 0.229 e.